The first-order valence-electron chi connectivity index (χ1n) is 2.90. The van der Waals surface area contributed by atoms with Crippen LogP contribution in [0.2, 0.25) is 0 Å². The van der Waals surface area contributed by atoms with E-state index in [2.05, 4.69) is 41.9 Å². The van der Waals surface area contributed by atoms with Crippen molar-refractivity contribution in [2.24, 2.45) is 0 Å². The Morgan fingerprint density at radius 1 is 1.56 bits per heavy atom. The average molecular weight is 205 g/mol. The summed E-state index contributed by atoms with van der Waals surface area (Å²) in [4.78, 5) is 3.31. The molecule has 0 aliphatic carbocycles. The molecule has 0 fully saturated rings. The van der Waals surface area contributed by atoms with Crippen LogP contribution in [-0.2, 0) is 0 Å². The molecule has 0 N–H and O–H groups in total. The van der Waals surface area contributed by atoms with E-state index in [0.717, 1.165) is 0 Å². The summed E-state index contributed by atoms with van der Waals surface area (Å²) in [5, 5.41) is 0. The molecule has 0 radical (unpaired) electrons. The van der Waals surface area contributed by atoms with Gasteiger partial charge in [-0.2, -0.15) is 0 Å². The van der Waals surface area contributed by atoms with Crippen LogP contribution in [0.25, 0.3) is 0 Å². The van der Waals surface area contributed by atoms with E-state index in [1.807, 2.05) is 11.3 Å². The normalized spacial score (nSPS) is 13.7. The lowest BCUT2D eigenvalue weighted by atomic mass is 10.4. The van der Waals surface area contributed by atoms with E-state index in [1.54, 1.807) is 0 Å². The van der Waals surface area contributed by atoms with Gasteiger partial charge in [0.25, 0.3) is 0 Å². The maximum absolute atomic E-state index is 3.51. The molecule has 0 nitrogen and oxygen atoms in total. The van der Waals surface area contributed by atoms with E-state index in [-0.39, 0.29) is 0 Å². The summed E-state index contributed by atoms with van der Waals surface area (Å²) < 4.78 is 0. The Kier molecular flexibility index (Phi) is 2.30. The molecule has 1 unspecified atom stereocenters. The first-order valence-corrected chi connectivity index (χ1v) is 4.64. The number of alkyl halides is 1. The van der Waals surface area contributed by atoms with E-state index in [0.29, 0.717) is 4.83 Å². The van der Waals surface area contributed by atoms with E-state index < -0.39 is 0 Å². The molecule has 0 aromatic carbocycles. The number of hydrogen-bond donors (Lipinski definition) is 0. The number of aryl methyl sites for hydroxylation is 1. The van der Waals surface area contributed by atoms with Crippen LogP contribution in [0.1, 0.15) is 21.5 Å². The summed E-state index contributed by atoms with van der Waals surface area (Å²) in [6, 6.07) is 4.32. The van der Waals surface area contributed by atoms with Crippen molar-refractivity contribution in [3.05, 3.63) is 21.9 Å². The zero-order valence-electron chi connectivity index (χ0n) is 5.52. The Morgan fingerprint density at radius 3 is 2.44 bits per heavy atom. The van der Waals surface area contributed by atoms with Gasteiger partial charge < -0.3 is 0 Å². The molecule has 0 spiro atoms. The lowest BCUT2D eigenvalue weighted by Gasteiger charge is -1.94. The molecule has 0 aliphatic rings. The van der Waals surface area contributed by atoms with Crippen LogP contribution in [0.4, 0.5) is 0 Å². The highest BCUT2D eigenvalue weighted by Crippen LogP contribution is 2.27. The Labute approximate surface area is 68.0 Å². The van der Waals surface area contributed by atoms with Crippen molar-refractivity contribution < 1.29 is 0 Å². The van der Waals surface area contributed by atoms with Gasteiger partial charge in [0.15, 0.2) is 0 Å². The third-order valence-corrected chi connectivity index (χ3v) is 3.13. The Morgan fingerprint density at radius 2 is 2.22 bits per heavy atom. The van der Waals surface area contributed by atoms with Gasteiger partial charge in [0.05, 0.1) is 0 Å². The quantitative estimate of drug-likeness (QED) is 0.615. The molecule has 2 heteroatoms. The zero-order chi connectivity index (χ0) is 6.85. The standard InChI is InChI=1S/C7H9BrS/c1-5-3-4-7(9-5)6(2)8/h3-4,6H,1-2H3. The van der Waals surface area contributed by atoms with Crippen LogP contribution in [0.3, 0.4) is 0 Å². The van der Waals surface area contributed by atoms with Crippen LogP contribution >= 0.6 is 27.3 Å². The van der Waals surface area contributed by atoms with E-state index in [9.17, 15) is 0 Å². The number of rotatable bonds is 1. The van der Waals surface area contributed by atoms with Gasteiger partial charge >= 0.3 is 0 Å². The fourth-order valence-electron chi connectivity index (χ4n) is 0.667. The molecule has 1 heterocycles. The number of thiophene rings is 1. The molecular weight excluding hydrogens is 196 g/mol. The van der Waals surface area contributed by atoms with Crippen LogP contribution in [0, 0.1) is 6.92 Å². The minimum absolute atomic E-state index is 0.510. The van der Waals surface area contributed by atoms with Crippen molar-refractivity contribution in [3.8, 4) is 0 Å². The van der Waals surface area contributed by atoms with E-state index in [1.165, 1.54) is 9.75 Å². The maximum atomic E-state index is 3.51. The van der Waals surface area contributed by atoms with Crippen molar-refractivity contribution in [1.82, 2.24) is 0 Å². The molecule has 0 saturated carbocycles. The second-order valence-electron chi connectivity index (χ2n) is 2.06. The first kappa shape index (κ1) is 7.29. The average Bonchev–Trinajstić information content (AvgIpc) is 2.14. The summed E-state index contributed by atoms with van der Waals surface area (Å²) in [7, 11) is 0. The van der Waals surface area contributed by atoms with E-state index in [4.69, 9.17) is 0 Å². The molecule has 0 saturated heterocycles. The molecule has 50 valence electrons. The lowest BCUT2D eigenvalue weighted by molar-refractivity contribution is 1.17. The van der Waals surface area contributed by atoms with Gasteiger partial charge in [-0.1, -0.05) is 15.9 Å². The summed E-state index contributed by atoms with van der Waals surface area (Å²) in [6.45, 7) is 4.27. The summed E-state index contributed by atoms with van der Waals surface area (Å²) in [5.41, 5.74) is 0. The Hall–Kier alpha value is 0.180. The van der Waals surface area contributed by atoms with Crippen LogP contribution < -0.4 is 0 Å². The van der Waals surface area contributed by atoms with Gasteiger partial charge in [0, 0.05) is 14.6 Å². The molecule has 1 rings (SSSR count). The monoisotopic (exact) mass is 204 g/mol. The summed E-state index contributed by atoms with van der Waals surface area (Å²) in [5.74, 6) is 0. The molecule has 1 aromatic heterocycles. The van der Waals surface area contributed by atoms with Gasteiger partial charge in [-0.3, -0.25) is 0 Å². The third kappa shape index (κ3) is 1.80. The van der Waals surface area contributed by atoms with Crippen LogP contribution in [0.5, 0.6) is 0 Å². The molecule has 0 aliphatic heterocycles. The molecule has 0 amide bonds. The SMILES string of the molecule is Cc1ccc(C(C)Br)s1. The smallest absolute Gasteiger partial charge is 0.0461 e. The molecular formula is C7H9BrS. The minimum Gasteiger partial charge on any atom is -0.145 e. The third-order valence-electron chi connectivity index (χ3n) is 1.15. The summed E-state index contributed by atoms with van der Waals surface area (Å²) in [6.07, 6.45) is 0. The Bertz CT molecular complexity index is 191. The van der Waals surface area contributed by atoms with Gasteiger partial charge in [0.1, 0.15) is 0 Å². The van der Waals surface area contributed by atoms with Crippen molar-refractivity contribution >= 4 is 27.3 Å². The number of halogens is 1. The maximum Gasteiger partial charge on any atom is 0.0461 e. The molecule has 1 aromatic rings. The van der Waals surface area contributed by atoms with Gasteiger partial charge in [-0.25, -0.2) is 0 Å². The minimum atomic E-state index is 0.510. The Balaban J connectivity index is 2.85. The van der Waals surface area contributed by atoms with Gasteiger partial charge in [-0.05, 0) is 26.0 Å². The lowest BCUT2D eigenvalue weighted by Crippen LogP contribution is -1.71. The van der Waals surface area contributed by atoms with Crippen molar-refractivity contribution in [1.29, 1.82) is 0 Å². The van der Waals surface area contributed by atoms with Crippen LogP contribution in [-0.4, -0.2) is 0 Å². The summed E-state index contributed by atoms with van der Waals surface area (Å²) >= 11 is 5.36. The largest absolute Gasteiger partial charge is 0.145 e. The second kappa shape index (κ2) is 2.84. The topological polar surface area (TPSA) is 0 Å². The highest BCUT2D eigenvalue weighted by atomic mass is 79.9. The fraction of sp³-hybridized carbons (Fsp3) is 0.429. The van der Waals surface area contributed by atoms with Gasteiger partial charge in [0.2, 0.25) is 0 Å². The van der Waals surface area contributed by atoms with Crippen LogP contribution in [0.15, 0.2) is 12.1 Å². The van der Waals surface area contributed by atoms with Crippen molar-refractivity contribution in [2.75, 3.05) is 0 Å². The second-order valence-corrected chi connectivity index (χ2v) is 4.76. The van der Waals surface area contributed by atoms with Crippen molar-refractivity contribution in [2.45, 2.75) is 18.7 Å². The van der Waals surface area contributed by atoms with E-state index >= 15 is 0 Å². The zero-order valence-corrected chi connectivity index (χ0v) is 7.92. The molecule has 0 bridgehead atoms. The van der Waals surface area contributed by atoms with Crippen molar-refractivity contribution in [3.63, 3.8) is 0 Å². The predicted molar refractivity (Wildman–Crippen MR) is 46.4 cm³/mol. The highest BCUT2D eigenvalue weighted by molar-refractivity contribution is 9.09. The molecule has 9 heavy (non-hydrogen) atoms. The van der Waals surface area contributed by atoms with Gasteiger partial charge in [-0.15, -0.1) is 11.3 Å². The first-order chi connectivity index (χ1) is 4.20. The molecule has 1 atom stereocenters. The highest BCUT2D eigenvalue weighted by Gasteiger charge is 2.00. The number of hydrogen-bond acceptors (Lipinski definition) is 1. The predicted octanol–water partition coefficient (Wildman–Crippen LogP) is 3.51. The fourth-order valence-corrected chi connectivity index (χ4v) is 1.91.